The molecule has 3 N–H and O–H groups in total. The van der Waals surface area contributed by atoms with Crippen LogP contribution in [-0.4, -0.2) is 4.98 Å². The van der Waals surface area contributed by atoms with Crippen molar-refractivity contribution in [3.05, 3.63) is 65.0 Å². The maximum absolute atomic E-state index is 13.3. The third-order valence-corrected chi connectivity index (χ3v) is 3.08. The van der Waals surface area contributed by atoms with Crippen LogP contribution < -0.4 is 11.3 Å². The first-order valence-corrected chi connectivity index (χ1v) is 6.01. The van der Waals surface area contributed by atoms with Gasteiger partial charge >= 0.3 is 0 Å². The number of benzene rings is 1. The Hall–Kier alpha value is -1.85. The van der Waals surface area contributed by atoms with Gasteiger partial charge in [-0.05, 0) is 41.3 Å². The van der Waals surface area contributed by atoms with Gasteiger partial charge in [0.2, 0.25) is 0 Å². The minimum Gasteiger partial charge on any atom is -0.271 e. The first-order valence-electron chi connectivity index (χ1n) is 6.01. The average molecular weight is 263 g/mol. The van der Waals surface area contributed by atoms with Gasteiger partial charge in [0.25, 0.3) is 0 Å². The van der Waals surface area contributed by atoms with Crippen LogP contribution in [0.15, 0.2) is 36.7 Å². The zero-order valence-corrected chi connectivity index (χ0v) is 10.5. The van der Waals surface area contributed by atoms with Crippen molar-refractivity contribution in [2.24, 2.45) is 5.84 Å². The Bertz CT molecular complexity index is 572. The van der Waals surface area contributed by atoms with Gasteiger partial charge in [-0.2, -0.15) is 0 Å². The minimum absolute atomic E-state index is 0.395. The normalized spacial score (nSPS) is 12.4. The molecule has 1 aromatic carbocycles. The van der Waals surface area contributed by atoms with Crippen molar-refractivity contribution in [1.82, 2.24) is 10.4 Å². The number of aryl methyl sites for hydroxylation is 1. The summed E-state index contributed by atoms with van der Waals surface area (Å²) in [6.07, 6.45) is 4.18. The van der Waals surface area contributed by atoms with E-state index in [9.17, 15) is 8.78 Å². The summed E-state index contributed by atoms with van der Waals surface area (Å²) in [6.45, 7) is 2.00. The van der Waals surface area contributed by atoms with Gasteiger partial charge in [-0.15, -0.1) is 0 Å². The summed E-state index contributed by atoms with van der Waals surface area (Å²) in [5, 5.41) is 0. The van der Waals surface area contributed by atoms with Crippen molar-refractivity contribution < 1.29 is 8.78 Å². The van der Waals surface area contributed by atoms with Gasteiger partial charge in [-0.3, -0.25) is 10.8 Å². The van der Waals surface area contributed by atoms with Crippen LogP contribution in [0.3, 0.4) is 0 Å². The first kappa shape index (κ1) is 13.6. The van der Waals surface area contributed by atoms with E-state index in [4.69, 9.17) is 5.84 Å². The molecule has 0 aliphatic heterocycles. The largest absolute Gasteiger partial charge is 0.271 e. The van der Waals surface area contributed by atoms with Crippen molar-refractivity contribution in [3.8, 4) is 0 Å². The van der Waals surface area contributed by atoms with Gasteiger partial charge in [-0.25, -0.2) is 14.2 Å². The summed E-state index contributed by atoms with van der Waals surface area (Å²) in [6, 6.07) is 5.20. The molecule has 0 aliphatic carbocycles. The summed E-state index contributed by atoms with van der Waals surface area (Å²) in [7, 11) is 0. The molecule has 0 bridgehead atoms. The molecule has 19 heavy (non-hydrogen) atoms. The zero-order valence-electron chi connectivity index (χ0n) is 10.5. The fourth-order valence-corrected chi connectivity index (χ4v) is 2.07. The number of halogens is 2. The molecule has 1 unspecified atom stereocenters. The van der Waals surface area contributed by atoms with Crippen LogP contribution >= 0.6 is 0 Å². The van der Waals surface area contributed by atoms with E-state index in [0.717, 1.165) is 29.7 Å². The number of hydrogen-bond donors (Lipinski definition) is 2. The number of nitrogens with zero attached hydrogens (tertiary/aromatic N) is 1. The Morgan fingerprint density at radius 3 is 2.68 bits per heavy atom. The average Bonchev–Trinajstić information content (AvgIpc) is 2.44. The molecule has 0 saturated heterocycles. The highest BCUT2D eigenvalue weighted by Crippen LogP contribution is 2.25. The SMILES string of the molecule is CCc1cnccc1C(NN)c1ccc(F)c(F)c1. The second-order valence-corrected chi connectivity index (χ2v) is 4.20. The van der Waals surface area contributed by atoms with E-state index >= 15 is 0 Å². The van der Waals surface area contributed by atoms with Crippen LogP contribution in [0.25, 0.3) is 0 Å². The highest BCUT2D eigenvalue weighted by Gasteiger charge is 2.17. The fourth-order valence-electron chi connectivity index (χ4n) is 2.07. The topological polar surface area (TPSA) is 50.9 Å². The zero-order chi connectivity index (χ0) is 13.8. The third-order valence-electron chi connectivity index (χ3n) is 3.08. The van der Waals surface area contributed by atoms with E-state index in [2.05, 4.69) is 10.4 Å². The molecular formula is C14H15F2N3. The summed E-state index contributed by atoms with van der Waals surface area (Å²) in [4.78, 5) is 4.06. The quantitative estimate of drug-likeness (QED) is 0.658. The lowest BCUT2D eigenvalue weighted by atomic mass is 9.95. The lowest BCUT2D eigenvalue weighted by Gasteiger charge is -2.19. The maximum atomic E-state index is 13.3. The van der Waals surface area contributed by atoms with E-state index in [1.165, 1.54) is 6.07 Å². The lowest BCUT2D eigenvalue weighted by Crippen LogP contribution is -2.29. The minimum atomic E-state index is -0.884. The summed E-state index contributed by atoms with van der Waals surface area (Å²) in [5.74, 6) is 3.81. The number of nitrogens with one attached hydrogen (secondary N) is 1. The Morgan fingerprint density at radius 1 is 1.26 bits per heavy atom. The van der Waals surface area contributed by atoms with Crippen molar-refractivity contribution >= 4 is 0 Å². The van der Waals surface area contributed by atoms with Gasteiger partial charge in [-0.1, -0.05) is 13.0 Å². The molecule has 0 radical (unpaired) electrons. The molecule has 5 heteroatoms. The van der Waals surface area contributed by atoms with Crippen molar-refractivity contribution in [3.63, 3.8) is 0 Å². The third kappa shape index (κ3) is 2.77. The molecular weight excluding hydrogens is 248 g/mol. The van der Waals surface area contributed by atoms with Gasteiger partial charge < -0.3 is 0 Å². The Kier molecular flexibility index (Phi) is 4.19. The number of nitrogens with two attached hydrogens (primary N) is 1. The van der Waals surface area contributed by atoms with Gasteiger partial charge in [0.15, 0.2) is 11.6 Å². The maximum Gasteiger partial charge on any atom is 0.159 e. The van der Waals surface area contributed by atoms with Crippen molar-refractivity contribution in [2.75, 3.05) is 0 Å². The van der Waals surface area contributed by atoms with E-state index in [-0.39, 0.29) is 0 Å². The van der Waals surface area contributed by atoms with Gasteiger partial charge in [0, 0.05) is 12.4 Å². The van der Waals surface area contributed by atoms with Crippen LogP contribution in [0.1, 0.15) is 29.7 Å². The van der Waals surface area contributed by atoms with E-state index in [1.54, 1.807) is 12.4 Å². The highest BCUT2D eigenvalue weighted by atomic mass is 19.2. The predicted molar refractivity (Wildman–Crippen MR) is 69.1 cm³/mol. The molecule has 0 fully saturated rings. The van der Waals surface area contributed by atoms with Crippen molar-refractivity contribution in [2.45, 2.75) is 19.4 Å². The Balaban J connectivity index is 2.46. The molecule has 0 spiro atoms. The molecule has 100 valence electrons. The molecule has 2 rings (SSSR count). The molecule has 0 amide bonds. The molecule has 3 nitrogen and oxygen atoms in total. The summed E-state index contributed by atoms with van der Waals surface area (Å²) >= 11 is 0. The van der Waals surface area contributed by atoms with E-state index in [0.29, 0.717) is 5.56 Å². The van der Waals surface area contributed by atoms with Crippen molar-refractivity contribution in [1.29, 1.82) is 0 Å². The Labute approximate surface area is 110 Å². The highest BCUT2D eigenvalue weighted by molar-refractivity contribution is 5.36. The molecule has 1 heterocycles. The fraction of sp³-hybridized carbons (Fsp3) is 0.214. The number of rotatable bonds is 4. The smallest absolute Gasteiger partial charge is 0.159 e. The molecule has 0 saturated carbocycles. The van der Waals surface area contributed by atoms with Crippen LogP contribution in [-0.2, 0) is 6.42 Å². The predicted octanol–water partition coefficient (Wildman–Crippen LogP) is 2.47. The lowest BCUT2D eigenvalue weighted by molar-refractivity contribution is 0.503. The summed E-state index contributed by atoms with van der Waals surface area (Å²) in [5.41, 5.74) is 5.13. The second kappa shape index (κ2) is 5.86. The monoisotopic (exact) mass is 263 g/mol. The summed E-state index contributed by atoms with van der Waals surface area (Å²) < 4.78 is 26.3. The number of aromatic nitrogens is 1. The second-order valence-electron chi connectivity index (χ2n) is 4.20. The molecule has 1 aromatic heterocycles. The van der Waals surface area contributed by atoms with Crippen LogP contribution in [0.2, 0.25) is 0 Å². The number of pyridine rings is 1. The molecule has 0 aliphatic rings. The van der Waals surface area contributed by atoms with Gasteiger partial charge in [0.1, 0.15) is 0 Å². The van der Waals surface area contributed by atoms with Gasteiger partial charge in [0.05, 0.1) is 6.04 Å². The van der Waals surface area contributed by atoms with Crippen LogP contribution in [0.5, 0.6) is 0 Å². The standard InChI is InChI=1S/C14H15F2N3/c1-2-9-8-18-6-5-11(9)14(19-17)10-3-4-12(15)13(16)7-10/h3-8,14,19H,2,17H2,1H3. The van der Waals surface area contributed by atoms with E-state index in [1.807, 2.05) is 13.0 Å². The van der Waals surface area contributed by atoms with Crippen LogP contribution in [0.4, 0.5) is 8.78 Å². The van der Waals surface area contributed by atoms with Crippen LogP contribution in [0, 0.1) is 11.6 Å². The number of hydrogen-bond acceptors (Lipinski definition) is 3. The van der Waals surface area contributed by atoms with E-state index < -0.39 is 17.7 Å². The Morgan fingerprint density at radius 2 is 2.05 bits per heavy atom. The number of hydrazine groups is 1. The molecule has 2 aromatic rings. The first-order chi connectivity index (χ1) is 9.17. The molecule has 1 atom stereocenters.